The molecule has 3 aromatic rings. The van der Waals surface area contributed by atoms with Crippen molar-refractivity contribution in [2.24, 2.45) is 0 Å². The van der Waals surface area contributed by atoms with Crippen LogP contribution in [0.25, 0.3) is 10.6 Å². The van der Waals surface area contributed by atoms with Crippen LogP contribution in [0.15, 0.2) is 53.9 Å². The minimum atomic E-state index is 0.763. The number of aromatic nitrogens is 1. The summed E-state index contributed by atoms with van der Waals surface area (Å²) in [6.45, 7) is 5.32. The van der Waals surface area contributed by atoms with E-state index in [-0.39, 0.29) is 0 Å². The number of thiazole rings is 1. The van der Waals surface area contributed by atoms with E-state index in [0.717, 1.165) is 59.8 Å². The van der Waals surface area contributed by atoms with Crippen molar-refractivity contribution < 1.29 is 9.64 Å². The molecule has 1 saturated heterocycles. The van der Waals surface area contributed by atoms with Gasteiger partial charge in [-0.15, -0.1) is 11.3 Å². The molecule has 0 saturated carbocycles. The van der Waals surface area contributed by atoms with Crippen molar-refractivity contribution in [3.63, 3.8) is 0 Å². The maximum atomic E-state index is 6.30. The van der Waals surface area contributed by atoms with Crippen molar-refractivity contribution >= 4 is 28.6 Å². The van der Waals surface area contributed by atoms with E-state index in [4.69, 9.17) is 21.3 Å². The van der Waals surface area contributed by atoms with Gasteiger partial charge in [0.2, 0.25) is 0 Å². The van der Waals surface area contributed by atoms with Gasteiger partial charge in [-0.1, -0.05) is 29.8 Å². The highest BCUT2D eigenvalue weighted by molar-refractivity contribution is 7.13. The van der Waals surface area contributed by atoms with E-state index in [0.29, 0.717) is 0 Å². The molecule has 0 radical (unpaired) electrons. The summed E-state index contributed by atoms with van der Waals surface area (Å²) >= 11 is 7.98. The molecule has 0 spiro atoms. The molecule has 2 aromatic carbocycles. The van der Waals surface area contributed by atoms with Gasteiger partial charge in [0, 0.05) is 16.6 Å². The van der Waals surface area contributed by atoms with Gasteiger partial charge < -0.3 is 14.5 Å². The number of nitrogens with zero attached hydrogens (tertiary/aromatic N) is 2. The number of quaternary nitrogens is 1. The second kappa shape index (κ2) is 8.30. The van der Waals surface area contributed by atoms with Gasteiger partial charge in [-0.3, -0.25) is 0 Å². The van der Waals surface area contributed by atoms with Crippen LogP contribution in [-0.4, -0.2) is 38.3 Å². The standard InChI is InChI=1S/C21H22ClN3OS/c1-26-18-8-6-17(7-9-18)25-12-10-24(11-13-25)14-16-15-27-21(23-16)19-4-2-3-5-20(19)22/h2-9,15H,10-14H2,1H3/p+1. The van der Waals surface area contributed by atoms with Crippen molar-refractivity contribution in [2.45, 2.75) is 6.54 Å². The molecule has 1 aromatic heterocycles. The Hall–Kier alpha value is -2.08. The molecule has 1 aliphatic heterocycles. The number of methoxy groups -OCH3 is 1. The first kappa shape index (κ1) is 18.3. The third-order valence-corrected chi connectivity index (χ3v) is 6.25. The highest BCUT2D eigenvalue weighted by Gasteiger charge is 2.21. The van der Waals surface area contributed by atoms with Gasteiger partial charge >= 0.3 is 0 Å². The smallest absolute Gasteiger partial charge is 0.125 e. The summed E-state index contributed by atoms with van der Waals surface area (Å²) in [7, 11) is 1.70. The van der Waals surface area contributed by atoms with Crippen LogP contribution in [0, 0.1) is 0 Å². The van der Waals surface area contributed by atoms with Crippen molar-refractivity contribution in [3.8, 4) is 16.3 Å². The van der Waals surface area contributed by atoms with Crippen LogP contribution in [0.3, 0.4) is 0 Å². The second-order valence-electron chi connectivity index (χ2n) is 6.74. The molecule has 27 heavy (non-hydrogen) atoms. The lowest BCUT2D eigenvalue weighted by Crippen LogP contribution is -3.13. The third-order valence-electron chi connectivity index (χ3n) is 5.00. The van der Waals surface area contributed by atoms with Crippen LogP contribution < -0.4 is 14.5 Å². The average Bonchev–Trinajstić information content (AvgIpc) is 3.17. The first-order valence-electron chi connectivity index (χ1n) is 9.15. The summed E-state index contributed by atoms with van der Waals surface area (Å²) in [6, 6.07) is 16.2. The fourth-order valence-corrected chi connectivity index (χ4v) is 4.59. The van der Waals surface area contributed by atoms with Gasteiger partial charge in [-0.05, 0) is 30.3 Å². The molecule has 1 N–H and O–H groups in total. The second-order valence-corrected chi connectivity index (χ2v) is 8.00. The average molecular weight is 401 g/mol. The highest BCUT2D eigenvalue weighted by Crippen LogP contribution is 2.29. The summed E-state index contributed by atoms with van der Waals surface area (Å²) < 4.78 is 5.24. The number of piperazine rings is 1. The monoisotopic (exact) mass is 400 g/mol. The highest BCUT2D eigenvalue weighted by atomic mass is 35.5. The lowest BCUT2D eigenvalue weighted by molar-refractivity contribution is -0.914. The zero-order valence-electron chi connectivity index (χ0n) is 15.3. The molecule has 2 heterocycles. The normalized spacial score (nSPS) is 15.1. The molecule has 1 aliphatic rings. The van der Waals surface area contributed by atoms with E-state index < -0.39 is 0 Å². The summed E-state index contributed by atoms with van der Waals surface area (Å²) in [5.41, 5.74) is 3.45. The Labute approximate surface area is 169 Å². The van der Waals surface area contributed by atoms with E-state index >= 15 is 0 Å². The summed E-state index contributed by atoms with van der Waals surface area (Å²) in [5.74, 6) is 0.904. The van der Waals surface area contributed by atoms with E-state index in [2.05, 4.69) is 22.4 Å². The van der Waals surface area contributed by atoms with E-state index in [1.54, 1.807) is 23.3 Å². The lowest BCUT2D eigenvalue weighted by atomic mass is 10.2. The molecule has 1 fully saturated rings. The van der Waals surface area contributed by atoms with Crippen molar-refractivity contribution in [1.29, 1.82) is 0 Å². The largest absolute Gasteiger partial charge is 0.497 e. The van der Waals surface area contributed by atoms with Gasteiger partial charge in [0.05, 0.1) is 38.3 Å². The first-order valence-corrected chi connectivity index (χ1v) is 10.4. The van der Waals surface area contributed by atoms with Crippen LogP contribution in [0.4, 0.5) is 5.69 Å². The van der Waals surface area contributed by atoms with E-state index in [9.17, 15) is 0 Å². The van der Waals surface area contributed by atoms with Crippen molar-refractivity contribution in [3.05, 3.63) is 64.6 Å². The summed E-state index contributed by atoms with van der Waals surface area (Å²) in [5, 5.41) is 3.94. The summed E-state index contributed by atoms with van der Waals surface area (Å²) in [6.07, 6.45) is 0. The third kappa shape index (κ3) is 4.26. The number of anilines is 1. The Morgan fingerprint density at radius 3 is 2.56 bits per heavy atom. The lowest BCUT2D eigenvalue weighted by Gasteiger charge is -2.33. The van der Waals surface area contributed by atoms with Gasteiger partial charge in [-0.25, -0.2) is 4.98 Å². The number of benzene rings is 2. The number of hydrogen-bond donors (Lipinski definition) is 1. The van der Waals surface area contributed by atoms with E-state index in [1.165, 1.54) is 5.69 Å². The number of rotatable bonds is 5. The van der Waals surface area contributed by atoms with Crippen LogP contribution >= 0.6 is 22.9 Å². The maximum absolute atomic E-state index is 6.30. The molecular formula is C21H23ClN3OS+. The minimum absolute atomic E-state index is 0.763. The van der Waals surface area contributed by atoms with Crippen LogP contribution in [0.1, 0.15) is 5.69 Å². The molecule has 0 atom stereocenters. The molecular weight excluding hydrogens is 378 g/mol. The van der Waals surface area contributed by atoms with Gasteiger partial charge in [-0.2, -0.15) is 0 Å². The fraction of sp³-hybridized carbons (Fsp3) is 0.286. The number of hydrogen-bond acceptors (Lipinski definition) is 4. The van der Waals surface area contributed by atoms with Crippen LogP contribution in [-0.2, 0) is 6.54 Å². The predicted molar refractivity (Wildman–Crippen MR) is 112 cm³/mol. The number of halogens is 1. The SMILES string of the molecule is COc1ccc(N2CC[NH+](Cc3csc(-c4ccccc4Cl)n3)CC2)cc1. The Kier molecular flexibility index (Phi) is 5.62. The van der Waals surface area contributed by atoms with Gasteiger partial charge in [0.15, 0.2) is 0 Å². The molecule has 0 amide bonds. The molecule has 4 rings (SSSR count). The molecule has 0 aliphatic carbocycles. The molecule has 0 bridgehead atoms. The topological polar surface area (TPSA) is 29.8 Å². The first-order chi connectivity index (χ1) is 13.2. The number of nitrogens with one attached hydrogen (secondary N) is 1. The van der Waals surface area contributed by atoms with E-state index in [1.807, 2.05) is 36.4 Å². The zero-order chi connectivity index (χ0) is 18.6. The Balaban J connectivity index is 1.35. The van der Waals surface area contributed by atoms with Crippen LogP contribution in [0.2, 0.25) is 5.02 Å². The molecule has 6 heteroatoms. The Bertz CT molecular complexity index is 888. The van der Waals surface area contributed by atoms with Crippen molar-refractivity contribution in [1.82, 2.24) is 4.98 Å². The van der Waals surface area contributed by atoms with Gasteiger partial charge in [0.1, 0.15) is 23.0 Å². The molecule has 140 valence electrons. The maximum Gasteiger partial charge on any atom is 0.125 e. The van der Waals surface area contributed by atoms with Crippen molar-refractivity contribution in [2.75, 3.05) is 38.2 Å². The quantitative estimate of drug-likeness (QED) is 0.712. The zero-order valence-corrected chi connectivity index (χ0v) is 16.9. The summed E-state index contributed by atoms with van der Waals surface area (Å²) in [4.78, 5) is 8.84. The Morgan fingerprint density at radius 1 is 1.11 bits per heavy atom. The van der Waals surface area contributed by atoms with Gasteiger partial charge in [0.25, 0.3) is 0 Å². The Morgan fingerprint density at radius 2 is 1.85 bits per heavy atom. The predicted octanol–water partition coefficient (Wildman–Crippen LogP) is 3.38. The number of ether oxygens (including phenoxy) is 1. The van der Waals surface area contributed by atoms with Crippen LogP contribution in [0.5, 0.6) is 5.75 Å². The fourth-order valence-electron chi connectivity index (χ4n) is 3.45. The molecule has 4 nitrogen and oxygen atoms in total. The molecule has 0 unspecified atom stereocenters. The minimum Gasteiger partial charge on any atom is -0.497 e.